The Hall–Kier alpha value is -0.830. The van der Waals surface area contributed by atoms with Crippen LogP contribution in [0.5, 0.6) is 0 Å². The largest absolute Gasteiger partial charge is 0.317 e. The fourth-order valence-electron chi connectivity index (χ4n) is 2.25. The summed E-state index contributed by atoms with van der Waals surface area (Å²) in [5.74, 6) is 0.860. The minimum atomic E-state index is 0.860. The quantitative estimate of drug-likeness (QED) is 0.766. The van der Waals surface area contributed by atoms with Crippen LogP contribution in [0.25, 0.3) is 0 Å². The molecule has 0 saturated carbocycles. The summed E-state index contributed by atoms with van der Waals surface area (Å²) in [5.41, 5.74) is 2.63. The van der Waals surface area contributed by atoms with E-state index in [1.807, 2.05) is 11.7 Å². The van der Waals surface area contributed by atoms with E-state index in [1.165, 1.54) is 43.6 Å². The standard InChI is InChI=1S/C11H19N3/c1-9-11(8-14(2)13-9)7-10-3-5-12-6-4-10/h8,10,12H,3-7H2,1-2H3. The second kappa shape index (κ2) is 4.13. The third-order valence-corrected chi connectivity index (χ3v) is 3.08. The van der Waals surface area contributed by atoms with Gasteiger partial charge in [0.05, 0.1) is 5.69 Å². The van der Waals surface area contributed by atoms with Crippen molar-refractivity contribution in [3.05, 3.63) is 17.5 Å². The number of piperidine rings is 1. The summed E-state index contributed by atoms with van der Waals surface area (Å²) in [5, 5.41) is 7.78. The molecule has 0 radical (unpaired) electrons. The van der Waals surface area contributed by atoms with Crippen LogP contribution in [0.4, 0.5) is 0 Å². The van der Waals surface area contributed by atoms with Crippen LogP contribution >= 0.6 is 0 Å². The lowest BCUT2D eigenvalue weighted by atomic mass is 9.91. The Morgan fingerprint density at radius 2 is 2.21 bits per heavy atom. The van der Waals surface area contributed by atoms with Gasteiger partial charge in [-0.15, -0.1) is 0 Å². The normalized spacial score (nSPS) is 18.7. The molecule has 3 nitrogen and oxygen atoms in total. The van der Waals surface area contributed by atoms with Crippen LogP contribution in [0.3, 0.4) is 0 Å². The van der Waals surface area contributed by atoms with Crippen molar-refractivity contribution in [3.8, 4) is 0 Å². The first-order valence-corrected chi connectivity index (χ1v) is 5.45. The highest BCUT2D eigenvalue weighted by Crippen LogP contribution is 2.19. The van der Waals surface area contributed by atoms with Crippen molar-refractivity contribution in [3.63, 3.8) is 0 Å². The van der Waals surface area contributed by atoms with Crippen LogP contribution in [0.15, 0.2) is 6.20 Å². The number of rotatable bonds is 2. The summed E-state index contributed by atoms with van der Waals surface area (Å²) in [7, 11) is 2.00. The summed E-state index contributed by atoms with van der Waals surface area (Å²) < 4.78 is 1.92. The molecule has 1 N–H and O–H groups in total. The zero-order valence-corrected chi connectivity index (χ0v) is 9.08. The van der Waals surface area contributed by atoms with Gasteiger partial charge in [0.25, 0.3) is 0 Å². The highest BCUT2D eigenvalue weighted by molar-refractivity contribution is 5.16. The molecule has 1 aliphatic rings. The molecular formula is C11H19N3. The number of nitrogens with one attached hydrogen (secondary N) is 1. The number of aryl methyl sites for hydroxylation is 2. The predicted octanol–water partition coefficient (Wildman–Crippen LogP) is 1.27. The van der Waals surface area contributed by atoms with E-state index in [9.17, 15) is 0 Å². The summed E-state index contributed by atoms with van der Waals surface area (Å²) >= 11 is 0. The van der Waals surface area contributed by atoms with E-state index in [0.717, 1.165) is 5.92 Å². The molecule has 0 amide bonds. The third-order valence-electron chi connectivity index (χ3n) is 3.08. The highest BCUT2D eigenvalue weighted by atomic mass is 15.2. The molecule has 14 heavy (non-hydrogen) atoms. The molecule has 0 aromatic carbocycles. The van der Waals surface area contributed by atoms with Gasteiger partial charge in [-0.3, -0.25) is 4.68 Å². The molecule has 2 heterocycles. The topological polar surface area (TPSA) is 29.9 Å². The highest BCUT2D eigenvalue weighted by Gasteiger charge is 2.15. The lowest BCUT2D eigenvalue weighted by Gasteiger charge is -2.22. The first-order chi connectivity index (χ1) is 6.75. The van der Waals surface area contributed by atoms with Crippen LogP contribution in [0.2, 0.25) is 0 Å². The van der Waals surface area contributed by atoms with Gasteiger partial charge in [0, 0.05) is 13.2 Å². The number of nitrogens with zero attached hydrogens (tertiary/aromatic N) is 2. The summed E-state index contributed by atoms with van der Waals surface area (Å²) in [6.07, 6.45) is 6.00. The monoisotopic (exact) mass is 193 g/mol. The van der Waals surface area contributed by atoms with Crippen molar-refractivity contribution in [2.24, 2.45) is 13.0 Å². The first-order valence-electron chi connectivity index (χ1n) is 5.45. The van der Waals surface area contributed by atoms with Crippen molar-refractivity contribution >= 4 is 0 Å². The summed E-state index contributed by atoms with van der Waals surface area (Å²) in [6, 6.07) is 0. The Labute approximate surface area is 85.5 Å². The second-order valence-electron chi connectivity index (χ2n) is 4.31. The Morgan fingerprint density at radius 1 is 1.50 bits per heavy atom. The summed E-state index contributed by atoms with van der Waals surface area (Å²) in [4.78, 5) is 0. The summed E-state index contributed by atoms with van der Waals surface area (Å²) in [6.45, 7) is 4.48. The fraction of sp³-hybridized carbons (Fsp3) is 0.727. The predicted molar refractivity (Wildman–Crippen MR) is 57.2 cm³/mol. The molecular weight excluding hydrogens is 174 g/mol. The average molecular weight is 193 g/mol. The van der Waals surface area contributed by atoms with Crippen molar-refractivity contribution < 1.29 is 0 Å². The molecule has 1 aromatic heterocycles. The Bertz CT molecular complexity index is 297. The molecule has 0 spiro atoms. The first kappa shape index (κ1) is 9.71. The van der Waals surface area contributed by atoms with E-state index >= 15 is 0 Å². The van der Waals surface area contributed by atoms with Gasteiger partial charge in [0.2, 0.25) is 0 Å². The zero-order chi connectivity index (χ0) is 9.97. The van der Waals surface area contributed by atoms with Crippen LogP contribution in [0.1, 0.15) is 24.1 Å². The zero-order valence-electron chi connectivity index (χ0n) is 9.08. The van der Waals surface area contributed by atoms with Crippen LogP contribution < -0.4 is 5.32 Å². The maximum atomic E-state index is 4.38. The molecule has 2 rings (SSSR count). The molecule has 1 fully saturated rings. The van der Waals surface area contributed by atoms with E-state index < -0.39 is 0 Å². The van der Waals surface area contributed by atoms with Gasteiger partial charge < -0.3 is 5.32 Å². The van der Waals surface area contributed by atoms with Gasteiger partial charge >= 0.3 is 0 Å². The molecule has 78 valence electrons. The van der Waals surface area contributed by atoms with Crippen LogP contribution in [-0.4, -0.2) is 22.9 Å². The van der Waals surface area contributed by atoms with Crippen LogP contribution in [-0.2, 0) is 13.5 Å². The molecule has 0 atom stereocenters. The average Bonchev–Trinajstić information content (AvgIpc) is 2.47. The van der Waals surface area contributed by atoms with Crippen molar-refractivity contribution in [2.45, 2.75) is 26.2 Å². The van der Waals surface area contributed by atoms with Gasteiger partial charge in [-0.25, -0.2) is 0 Å². The van der Waals surface area contributed by atoms with Gasteiger partial charge in [-0.2, -0.15) is 5.10 Å². The molecule has 1 aliphatic heterocycles. The van der Waals surface area contributed by atoms with Crippen molar-refractivity contribution in [1.82, 2.24) is 15.1 Å². The number of hydrogen-bond donors (Lipinski definition) is 1. The van der Waals surface area contributed by atoms with Gasteiger partial charge in [0.1, 0.15) is 0 Å². The molecule has 0 unspecified atom stereocenters. The minimum Gasteiger partial charge on any atom is -0.317 e. The maximum Gasteiger partial charge on any atom is 0.0625 e. The molecule has 3 heteroatoms. The minimum absolute atomic E-state index is 0.860. The van der Waals surface area contributed by atoms with E-state index in [-0.39, 0.29) is 0 Å². The number of aromatic nitrogens is 2. The molecule has 0 aliphatic carbocycles. The van der Waals surface area contributed by atoms with Crippen molar-refractivity contribution in [1.29, 1.82) is 0 Å². The van der Waals surface area contributed by atoms with Gasteiger partial charge in [-0.1, -0.05) is 0 Å². The van der Waals surface area contributed by atoms with E-state index in [0.29, 0.717) is 0 Å². The fourth-order valence-corrected chi connectivity index (χ4v) is 2.25. The Morgan fingerprint density at radius 3 is 2.79 bits per heavy atom. The molecule has 1 aromatic rings. The second-order valence-corrected chi connectivity index (χ2v) is 4.31. The SMILES string of the molecule is Cc1nn(C)cc1CC1CCNCC1. The van der Waals surface area contributed by atoms with Gasteiger partial charge in [0.15, 0.2) is 0 Å². The lowest BCUT2D eigenvalue weighted by Crippen LogP contribution is -2.28. The van der Waals surface area contributed by atoms with E-state index in [1.54, 1.807) is 0 Å². The van der Waals surface area contributed by atoms with Crippen LogP contribution in [0, 0.1) is 12.8 Å². The molecule has 0 bridgehead atoms. The van der Waals surface area contributed by atoms with Gasteiger partial charge in [-0.05, 0) is 50.8 Å². The maximum absolute atomic E-state index is 4.38. The van der Waals surface area contributed by atoms with Crippen molar-refractivity contribution in [2.75, 3.05) is 13.1 Å². The smallest absolute Gasteiger partial charge is 0.0625 e. The Balaban J connectivity index is 1.98. The third kappa shape index (κ3) is 2.15. The van der Waals surface area contributed by atoms with E-state index in [4.69, 9.17) is 0 Å². The lowest BCUT2D eigenvalue weighted by molar-refractivity contribution is 0.372. The van der Waals surface area contributed by atoms with E-state index in [2.05, 4.69) is 23.5 Å². The number of hydrogen-bond acceptors (Lipinski definition) is 2. The molecule has 1 saturated heterocycles. The Kier molecular flexibility index (Phi) is 2.87.